The molecule has 4 rings (SSSR count). The summed E-state index contributed by atoms with van der Waals surface area (Å²) in [6.07, 6.45) is 0. The Hall–Kier alpha value is -2.21. The average Bonchev–Trinajstić information content (AvgIpc) is 3.11. The van der Waals surface area contributed by atoms with E-state index in [0.29, 0.717) is 5.56 Å². The molecule has 24 heavy (non-hydrogen) atoms. The predicted molar refractivity (Wildman–Crippen MR) is 93.9 cm³/mol. The molecule has 6 nitrogen and oxygen atoms in total. The van der Waals surface area contributed by atoms with Crippen LogP contribution in [0.3, 0.4) is 0 Å². The summed E-state index contributed by atoms with van der Waals surface area (Å²) in [4.78, 5) is 14.7. The van der Waals surface area contributed by atoms with Crippen molar-refractivity contribution in [3.8, 4) is 0 Å². The summed E-state index contributed by atoms with van der Waals surface area (Å²) in [7, 11) is 0. The van der Waals surface area contributed by atoms with E-state index in [1.54, 1.807) is 12.1 Å². The van der Waals surface area contributed by atoms with E-state index in [0.717, 1.165) is 48.7 Å². The molecule has 1 aliphatic rings. The van der Waals surface area contributed by atoms with Gasteiger partial charge in [0, 0.05) is 0 Å². The van der Waals surface area contributed by atoms with Gasteiger partial charge in [-0.05, 0) is 0 Å². The number of rotatable bonds is 3. The van der Waals surface area contributed by atoms with Crippen molar-refractivity contribution >= 4 is 43.3 Å². The Kier molecular flexibility index (Phi) is 4.30. The fraction of sp³-hybridized carbons (Fsp3) is 0.235. The number of nitrogens with one attached hydrogen (secondary N) is 1. The first-order valence-electron chi connectivity index (χ1n) is 7.76. The molecule has 1 fully saturated rings. The van der Waals surface area contributed by atoms with Gasteiger partial charge in [-0.3, -0.25) is 0 Å². The van der Waals surface area contributed by atoms with Gasteiger partial charge in [0.1, 0.15) is 0 Å². The zero-order valence-corrected chi connectivity index (χ0v) is 14.6. The molecule has 122 valence electrons. The maximum atomic E-state index is 12.4. The van der Waals surface area contributed by atoms with Gasteiger partial charge >= 0.3 is 127 Å². The second-order valence-electron chi connectivity index (χ2n) is 5.57. The minimum atomic E-state index is -0.133. The van der Waals surface area contributed by atoms with Crippen LogP contribution in [0.1, 0.15) is 10.4 Å². The van der Waals surface area contributed by atoms with Crippen LogP contribution in [-0.4, -0.2) is 55.1 Å². The molecule has 1 N–H and O–H groups in total. The van der Waals surface area contributed by atoms with E-state index in [-0.39, 0.29) is 20.9 Å². The van der Waals surface area contributed by atoms with E-state index in [9.17, 15) is 4.79 Å². The van der Waals surface area contributed by atoms with E-state index >= 15 is 0 Å². The molecule has 2 aromatic carbocycles. The number of carbonyl (C=O) groups is 1. The van der Waals surface area contributed by atoms with Gasteiger partial charge in [0.25, 0.3) is 0 Å². The summed E-state index contributed by atoms with van der Waals surface area (Å²) < 4.78 is 14.0. The molecule has 7 heteroatoms. The minimum absolute atomic E-state index is 0.0766. The van der Waals surface area contributed by atoms with Crippen molar-refractivity contribution in [2.75, 3.05) is 36.5 Å². The van der Waals surface area contributed by atoms with Crippen LogP contribution in [0.4, 0.5) is 11.4 Å². The van der Waals surface area contributed by atoms with Crippen LogP contribution in [0, 0.1) is 0 Å². The van der Waals surface area contributed by atoms with Gasteiger partial charge in [-0.2, -0.15) is 0 Å². The standard InChI is InChI=1S/C17H16N4O2Se/c22-17(12-1-6-15-16(11-12)20-24-19-15)18-13-2-4-14(5-3-13)21-7-9-23-10-8-21/h1-6,11H,7-10H2,(H,18,22). The zero-order valence-electron chi connectivity index (χ0n) is 12.9. The molecular weight excluding hydrogens is 371 g/mol. The van der Waals surface area contributed by atoms with E-state index in [1.165, 1.54) is 0 Å². The second-order valence-corrected chi connectivity index (χ2v) is 6.68. The predicted octanol–water partition coefficient (Wildman–Crippen LogP) is 1.78. The fourth-order valence-corrected chi connectivity index (χ4v) is 3.79. The molecular formula is C17H16N4O2Se. The number of anilines is 2. The van der Waals surface area contributed by atoms with Crippen molar-refractivity contribution in [2.24, 2.45) is 0 Å². The van der Waals surface area contributed by atoms with Crippen LogP contribution in [-0.2, 0) is 4.74 Å². The first-order chi connectivity index (χ1) is 11.8. The van der Waals surface area contributed by atoms with E-state index in [2.05, 4.69) is 18.2 Å². The van der Waals surface area contributed by atoms with Crippen molar-refractivity contribution in [3.05, 3.63) is 48.0 Å². The number of amides is 1. The Bertz CT molecular complexity index is 856. The Labute approximate surface area is 145 Å². The fourth-order valence-electron chi connectivity index (χ4n) is 2.70. The molecule has 0 atom stereocenters. The van der Waals surface area contributed by atoms with Crippen LogP contribution < -0.4 is 10.2 Å². The first kappa shape index (κ1) is 15.3. The maximum absolute atomic E-state index is 12.4. The molecule has 3 aromatic rings. The molecule has 1 saturated heterocycles. The number of hydrogen-bond acceptors (Lipinski definition) is 5. The Morgan fingerprint density at radius 2 is 1.79 bits per heavy atom. The van der Waals surface area contributed by atoms with E-state index < -0.39 is 0 Å². The Balaban J connectivity index is 1.46. The van der Waals surface area contributed by atoms with Crippen molar-refractivity contribution < 1.29 is 9.53 Å². The Morgan fingerprint density at radius 1 is 1.04 bits per heavy atom. The normalized spacial score (nSPS) is 14.8. The summed E-state index contributed by atoms with van der Waals surface area (Å²) in [5.74, 6) is -0.133. The third-order valence-corrected chi connectivity index (χ3v) is 5.19. The summed E-state index contributed by atoms with van der Waals surface area (Å²) in [5.41, 5.74) is 4.22. The summed E-state index contributed by atoms with van der Waals surface area (Å²) in [6.45, 7) is 3.32. The van der Waals surface area contributed by atoms with E-state index in [1.807, 2.05) is 30.3 Å². The quantitative estimate of drug-likeness (QED) is 0.694. The molecule has 1 aromatic heterocycles. The number of carbonyl (C=O) groups excluding carboxylic acids is 1. The van der Waals surface area contributed by atoms with Gasteiger partial charge in [0.15, 0.2) is 0 Å². The summed E-state index contributed by atoms with van der Waals surface area (Å²) in [6, 6.07) is 13.4. The van der Waals surface area contributed by atoms with Crippen molar-refractivity contribution in [1.82, 2.24) is 7.96 Å². The van der Waals surface area contributed by atoms with Gasteiger partial charge < -0.3 is 4.74 Å². The van der Waals surface area contributed by atoms with Crippen LogP contribution >= 0.6 is 0 Å². The number of hydrogen-bond donors (Lipinski definition) is 1. The van der Waals surface area contributed by atoms with Gasteiger partial charge in [0.2, 0.25) is 0 Å². The van der Waals surface area contributed by atoms with Crippen LogP contribution in [0.5, 0.6) is 0 Å². The Morgan fingerprint density at radius 3 is 2.58 bits per heavy atom. The van der Waals surface area contributed by atoms with Crippen LogP contribution in [0.15, 0.2) is 42.5 Å². The number of fused-ring (bicyclic) bond motifs is 1. The third-order valence-electron chi connectivity index (χ3n) is 4.02. The van der Waals surface area contributed by atoms with E-state index in [4.69, 9.17) is 4.74 Å². The van der Waals surface area contributed by atoms with Crippen molar-refractivity contribution in [2.45, 2.75) is 0 Å². The number of aromatic nitrogens is 2. The summed E-state index contributed by atoms with van der Waals surface area (Å²) >= 11 is -0.0766. The molecule has 2 heterocycles. The molecule has 0 unspecified atom stereocenters. The molecule has 0 bridgehead atoms. The molecule has 0 saturated carbocycles. The molecule has 0 spiro atoms. The number of ether oxygens (including phenoxy) is 1. The topological polar surface area (TPSA) is 67.4 Å². The summed E-state index contributed by atoms with van der Waals surface area (Å²) in [5, 5.41) is 2.93. The zero-order chi connectivity index (χ0) is 16.4. The average molecular weight is 387 g/mol. The second kappa shape index (κ2) is 6.73. The number of nitrogens with zero attached hydrogens (tertiary/aromatic N) is 3. The SMILES string of the molecule is O=C(Nc1ccc(N2CCOCC2)cc1)c1ccc2n[se]nc2c1. The first-order valence-corrected chi connectivity index (χ1v) is 9.29. The number of benzene rings is 2. The molecule has 0 radical (unpaired) electrons. The van der Waals surface area contributed by atoms with Crippen LogP contribution in [0.25, 0.3) is 11.0 Å². The number of morpholine rings is 1. The molecule has 1 amide bonds. The molecule has 0 aliphatic carbocycles. The van der Waals surface area contributed by atoms with Crippen molar-refractivity contribution in [3.63, 3.8) is 0 Å². The van der Waals surface area contributed by atoms with Gasteiger partial charge in [-0.25, -0.2) is 0 Å². The van der Waals surface area contributed by atoms with Crippen LogP contribution in [0.2, 0.25) is 0 Å². The van der Waals surface area contributed by atoms with Gasteiger partial charge in [-0.15, -0.1) is 0 Å². The molecule has 1 aliphatic heterocycles. The van der Waals surface area contributed by atoms with Gasteiger partial charge in [0.05, 0.1) is 13.2 Å². The third kappa shape index (κ3) is 3.19. The monoisotopic (exact) mass is 388 g/mol. The van der Waals surface area contributed by atoms with Gasteiger partial charge in [-0.1, -0.05) is 0 Å². The van der Waals surface area contributed by atoms with Crippen molar-refractivity contribution in [1.29, 1.82) is 0 Å².